The number of nitrogens with zero attached hydrogens (tertiary/aromatic N) is 3. The minimum absolute atomic E-state index is 0.210. The van der Waals surface area contributed by atoms with Gasteiger partial charge in [-0.3, -0.25) is 14.5 Å². The van der Waals surface area contributed by atoms with Crippen molar-refractivity contribution in [3.8, 4) is 6.07 Å². The van der Waals surface area contributed by atoms with Crippen molar-refractivity contribution < 1.29 is 14.4 Å². The summed E-state index contributed by atoms with van der Waals surface area (Å²) < 4.78 is 0. The number of piperidine rings is 1. The number of likely N-dealkylation sites (tertiary alicyclic amines) is 1. The van der Waals surface area contributed by atoms with Gasteiger partial charge in [-0.15, -0.1) is 0 Å². The van der Waals surface area contributed by atoms with Crippen molar-refractivity contribution in [2.24, 2.45) is 0 Å². The van der Waals surface area contributed by atoms with E-state index in [0.29, 0.717) is 24.2 Å². The molecule has 0 saturated carbocycles. The van der Waals surface area contributed by atoms with Gasteiger partial charge < -0.3 is 10.2 Å². The number of carbonyl (C=O) groups excluding carboxylic acids is 3. The largest absolute Gasteiger partial charge is 0.341 e. The van der Waals surface area contributed by atoms with Crippen LogP contribution in [0.2, 0.25) is 0 Å². The highest BCUT2D eigenvalue weighted by molar-refractivity contribution is 6.09. The van der Waals surface area contributed by atoms with Crippen molar-refractivity contribution in [3.63, 3.8) is 0 Å². The maximum Gasteiger partial charge on any atom is 0.325 e. The number of hydrogen-bond donors (Lipinski definition) is 1. The Morgan fingerprint density at radius 1 is 1.28 bits per heavy atom. The summed E-state index contributed by atoms with van der Waals surface area (Å²) in [6.45, 7) is 2.68. The molecule has 2 fully saturated rings. The van der Waals surface area contributed by atoms with Crippen molar-refractivity contribution in [2.75, 3.05) is 19.6 Å². The van der Waals surface area contributed by atoms with Crippen LogP contribution in [-0.4, -0.2) is 47.3 Å². The quantitative estimate of drug-likeness (QED) is 0.840. The van der Waals surface area contributed by atoms with E-state index in [1.165, 1.54) is 0 Å². The van der Waals surface area contributed by atoms with Crippen LogP contribution in [0.3, 0.4) is 0 Å². The van der Waals surface area contributed by atoms with E-state index >= 15 is 0 Å². The number of rotatable bonds is 3. The monoisotopic (exact) mass is 340 g/mol. The van der Waals surface area contributed by atoms with Crippen LogP contribution in [0.5, 0.6) is 0 Å². The molecule has 0 spiro atoms. The van der Waals surface area contributed by atoms with E-state index in [0.717, 1.165) is 24.2 Å². The molecular weight excluding hydrogens is 320 g/mol. The molecule has 2 saturated heterocycles. The zero-order chi connectivity index (χ0) is 18.0. The fraction of sp³-hybridized carbons (Fsp3) is 0.444. The lowest BCUT2D eigenvalue weighted by atomic mass is 9.91. The zero-order valence-electron chi connectivity index (χ0n) is 14.1. The molecule has 0 bridgehead atoms. The lowest BCUT2D eigenvalue weighted by Gasteiger charge is -2.28. The Morgan fingerprint density at radius 3 is 2.68 bits per heavy atom. The van der Waals surface area contributed by atoms with Crippen molar-refractivity contribution in [1.29, 1.82) is 5.26 Å². The maximum atomic E-state index is 12.8. The standard InChI is InChI=1S/C18H20N4O3/c1-18(14-7-5-6-13(10-14)11-19)16(24)22(17(25)20-18)12-15(23)21-8-3-2-4-9-21/h5-7,10H,2-4,8-9,12H2,1H3,(H,20,25). The second-order valence-electron chi connectivity index (χ2n) is 6.58. The molecule has 2 heterocycles. The van der Waals surface area contributed by atoms with Crippen LogP contribution in [0, 0.1) is 11.3 Å². The minimum Gasteiger partial charge on any atom is -0.341 e. The van der Waals surface area contributed by atoms with E-state index in [9.17, 15) is 14.4 Å². The molecule has 2 aliphatic rings. The van der Waals surface area contributed by atoms with Crippen molar-refractivity contribution in [1.82, 2.24) is 15.1 Å². The molecule has 3 rings (SSSR count). The summed E-state index contributed by atoms with van der Waals surface area (Å²) in [7, 11) is 0. The van der Waals surface area contributed by atoms with Crippen LogP contribution in [0.1, 0.15) is 37.3 Å². The summed E-state index contributed by atoms with van der Waals surface area (Å²) in [6.07, 6.45) is 3.00. The van der Waals surface area contributed by atoms with Crippen LogP contribution >= 0.6 is 0 Å². The first-order valence-corrected chi connectivity index (χ1v) is 8.38. The minimum atomic E-state index is -1.27. The van der Waals surface area contributed by atoms with Crippen LogP contribution in [0.4, 0.5) is 4.79 Å². The number of amides is 4. The molecule has 0 aromatic heterocycles. The smallest absolute Gasteiger partial charge is 0.325 e. The molecule has 0 aliphatic carbocycles. The highest BCUT2D eigenvalue weighted by atomic mass is 16.2. The third-order valence-corrected chi connectivity index (χ3v) is 4.85. The maximum absolute atomic E-state index is 12.8. The number of carbonyl (C=O) groups is 3. The van der Waals surface area contributed by atoms with Gasteiger partial charge in [0.1, 0.15) is 12.1 Å². The molecule has 7 nitrogen and oxygen atoms in total. The lowest BCUT2D eigenvalue weighted by molar-refractivity contribution is -0.139. The summed E-state index contributed by atoms with van der Waals surface area (Å²) in [5.74, 6) is -0.684. The van der Waals surface area contributed by atoms with Crippen LogP contribution in [-0.2, 0) is 15.1 Å². The first-order valence-electron chi connectivity index (χ1n) is 8.38. The van der Waals surface area contributed by atoms with Gasteiger partial charge in [0.05, 0.1) is 11.6 Å². The summed E-state index contributed by atoms with van der Waals surface area (Å²) in [5.41, 5.74) is -0.340. The van der Waals surface area contributed by atoms with Gasteiger partial charge in [0.2, 0.25) is 5.91 Å². The van der Waals surface area contributed by atoms with Crippen molar-refractivity contribution in [2.45, 2.75) is 31.7 Å². The highest BCUT2D eigenvalue weighted by Crippen LogP contribution is 2.29. The lowest BCUT2D eigenvalue weighted by Crippen LogP contribution is -2.45. The van der Waals surface area contributed by atoms with Gasteiger partial charge in [-0.25, -0.2) is 4.79 Å². The van der Waals surface area contributed by atoms with Gasteiger partial charge in [-0.2, -0.15) is 5.26 Å². The average Bonchev–Trinajstić information content (AvgIpc) is 2.86. The summed E-state index contributed by atoms with van der Waals surface area (Å²) in [6, 6.07) is 8.00. The number of benzene rings is 1. The second-order valence-corrected chi connectivity index (χ2v) is 6.58. The SMILES string of the molecule is CC1(c2cccc(C#N)c2)NC(=O)N(CC(=O)N2CCCCC2)C1=O. The first kappa shape index (κ1) is 17.0. The second kappa shape index (κ2) is 6.55. The zero-order valence-corrected chi connectivity index (χ0v) is 14.1. The summed E-state index contributed by atoms with van der Waals surface area (Å²) in [5, 5.41) is 11.7. The van der Waals surface area contributed by atoms with Gasteiger partial charge in [-0.1, -0.05) is 12.1 Å². The fourth-order valence-corrected chi connectivity index (χ4v) is 3.31. The van der Waals surface area contributed by atoms with Crippen molar-refractivity contribution in [3.05, 3.63) is 35.4 Å². The molecule has 130 valence electrons. The molecule has 1 atom stereocenters. The number of imide groups is 1. The van der Waals surface area contributed by atoms with E-state index in [2.05, 4.69) is 5.32 Å². The third-order valence-electron chi connectivity index (χ3n) is 4.85. The summed E-state index contributed by atoms with van der Waals surface area (Å²) in [4.78, 5) is 40.2. The Bertz CT molecular complexity index is 764. The number of nitrogens with one attached hydrogen (secondary N) is 1. The molecule has 0 radical (unpaired) electrons. The van der Waals surface area contributed by atoms with E-state index in [4.69, 9.17) is 5.26 Å². The van der Waals surface area contributed by atoms with Gasteiger partial charge in [0.15, 0.2) is 0 Å². The molecule has 1 aromatic rings. The number of nitriles is 1. The van der Waals surface area contributed by atoms with Gasteiger partial charge >= 0.3 is 6.03 Å². The van der Waals surface area contributed by atoms with Crippen LogP contribution in [0.15, 0.2) is 24.3 Å². The molecule has 1 aromatic carbocycles. The molecule has 1 N–H and O–H groups in total. The molecular formula is C18H20N4O3. The topological polar surface area (TPSA) is 93.5 Å². The molecule has 7 heteroatoms. The van der Waals surface area contributed by atoms with E-state index in [1.807, 2.05) is 6.07 Å². The highest BCUT2D eigenvalue weighted by Gasteiger charge is 2.49. The van der Waals surface area contributed by atoms with Gasteiger partial charge in [0, 0.05) is 13.1 Å². The van der Waals surface area contributed by atoms with E-state index in [1.54, 1.807) is 36.1 Å². The van der Waals surface area contributed by atoms with Gasteiger partial charge in [-0.05, 0) is 43.9 Å². The molecule has 1 unspecified atom stereocenters. The van der Waals surface area contributed by atoms with Crippen molar-refractivity contribution >= 4 is 17.8 Å². The predicted molar refractivity (Wildman–Crippen MR) is 89.2 cm³/mol. The van der Waals surface area contributed by atoms with Gasteiger partial charge in [0.25, 0.3) is 5.91 Å². The summed E-state index contributed by atoms with van der Waals surface area (Å²) >= 11 is 0. The average molecular weight is 340 g/mol. The number of hydrogen-bond acceptors (Lipinski definition) is 4. The first-order chi connectivity index (χ1) is 12.0. The normalized spacial score (nSPS) is 23.4. The Labute approximate surface area is 146 Å². The van der Waals surface area contributed by atoms with Crippen LogP contribution < -0.4 is 5.32 Å². The Hall–Kier alpha value is -2.88. The Morgan fingerprint density at radius 2 is 2.00 bits per heavy atom. The Balaban J connectivity index is 1.79. The van der Waals surface area contributed by atoms with E-state index < -0.39 is 17.5 Å². The Kier molecular flexibility index (Phi) is 4.45. The third kappa shape index (κ3) is 3.07. The molecule has 25 heavy (non-hydrogen) atoms. The number of urea groups is 1. The molecule has 4 amide bonds. The fourth-order valence-electron chi connectivity index (χ4n) is 3.31. The predicted octanol–water partition coefficient (Wildman–Crippen LogP) is 1.34. The van der Waals surface area contributed by atoms with Crippen LogP contribution in [0.25, 0.3) is 0 Å². The molecule has 2 aliphatic heterocycles. The van der Waals surface area contributed by atoms with E-state index in [-0.39, 0.29) is 12.5 Å².